The Labute approximate surface area is 83.9 Å². The summed E-state index contributed by atoms with van der Waals surface area (Å²) in [5, 5.41) is 4.12. The molecule has 0 heterocycles. The van der Waals surface area contributed by atoms with Gasteiger partial charge in [0.1, 0.15) is 0 Å². The first-order valence-corrected chi connectivity index (χ1v) is 4.42. The lowest BCUT2D eigenvalue weighted by Crippen LogP contribution is -2.39. The summed E-state index contributed by atoms with van der Waals surface area (Å²) in [6.45, 7) is 2.01. The van der Waals surface area contributed by atoms with E-state index >= 15 is 0 Å². The molecule has 1 aromatic carbocycles. The summed E-state index contributed by atoms with van der Waals surface area (Å²) in [5.41, 5.74) is 4.68. The van der Waals surface area contributed by atoms with Crippen LogP contribution in [-0.4, -0.2) is 25.1 Å². The summed E-state index contributed by atoms with van der Waals surface area (Å²) >= 11 is 0. The van der Waals surface area contributed by atoms with Crippen molar-refractivity contribution in [2.24, 2.45) is 0 Å². The molecule has 0 saturated carbocycles. The van der Waals surface area contributed by atoms with Crippen molar-refractivity contribution in [2.45, 2.75) is 6.92 Å². The lowest BCUT2D eigenvalue weighted by atomic mass is 10.2. The van der Waals surface area contributed by atoms with Crippen LogP contribution in [0.25, 0.3) is 0 Å². The molecule has 2 amide bonds. The standard InChI is InChI=1S/C10H15N3O/c1-8-4-6-9(7-5-8)12-10(14)13(3)11-2/h4-7,11H,1-3H3,(H,12,14). The van der Waals surface area contributed by atoms with Crippen molar-refractivity contribution in [1.82, 2.24) is 10.4 Å². The van der Waals surface area contributed by atoms with Gasteiger partial charge in [-0.05, 0) is 19.1 Å². The third-order valence-electron chi connectivity index (χ3n) is 1.94. The van der Waals surface area contributed by atoms with Crippen LogP contribution in [0.15, 0.2) is 24.3 Å². The van der Waals surface area contributed by atoms with Gasteiger partial charge in [-0.2, -0.15) is 0 Å². The average molecular weight is 193 g/mol. The molecular formula is C10H15N3O. The largest absolute Gasteiger partial charge is 0.335 e. The van der Waals surface area contributed by atoms with Crippen LogP contribution >= 0.6 is 0 Å². The zero-order valence-electron chi connectivity index (χ0n) is 8.66. The number of amides is 2. The first-order chi connectivity index (χ1) is 6.63. The lowest BCUT2D eigenvalue weighted by Gasteiger charge is -2.15. The van der Waals surface area contributed by atoms with Crippen LogP contribution in [0.2, 0.25) is 0 Å². The van der Waals surface area contributed by atoms with Gasteiger partial charge < -0.3 is 5.32 Å². The van der Waals surface area contributed by atoms with Crippen molar-refractivity contribution in [3.8, 4) is 0 Å². The summed E-state index contributed by atoms with van der Waals surface area (Å²) in [7, 11) is 3.35. The van der Waals surface area contributed by atoms with E-state index in [-0.39, 0.29) is 6.03 Å². The molecule has 76 valence electrons. The monoisotopic (exact) mass is 193 g/mol. The van der Waals surface area contributed by atoms with Gasteiger partial charge in [-0.1, -0.05) is 17.7 Å². The minimum atomic E-state index is -0.184. The predicted octanol–water partition coefficient (Wildman–Crippen LogP) is 1.59. The second-order valence-electron chi connectivity index (χ2n) is 3.08. The van der Waals surface area contributed by atoms with Crippen LogP contribution in [0, 0.1) is 6.92 Å². The molecule has 0 bridgehead atoms. The second kappa shape index (κ2) is 4.62. The zero-order valence-corrected chi connectivity index (χ0v) is 8.66. The topological polar surface area (TPSA) is 44.4 Å². The van der Waals surface area contributed by atoms with E-state index in [1.54, 1.807) is 14.1 Å². The zero-order chi connectivity index (χ0) is 10.6. The highest BCUT2D eigenvalue weighted by Crippen LogP contribution is 2.08. The summed E-state index contributed by atoms with van der Waals surface area (Å²) in [6, 6.07) is 7.47. The molecule has 0 aromatic heterocycles. The maximum absolute atomic E-state index is 11.4. The van der Waals surface area contributed by atoms with Gasteiger partial charge in [0.05, 0.1) is 0 Å². The normalized spacial score (nSPS) is 9.64. The fraction of sp³-hybridized carbons (Fsp3) is 0.300. The van der Waals surface area contributed by atoms with E-state index in [2.05, 4.69) is 10.7 Å². The van der Waals surface area contributed by atoms with E-state index < -0.39 is 0 Å². The number of carbonyl (C=O) groups is 1. The fourth-order valence-corrected chi connectivity index (χ4v) is 0.946. The highest BCUT2D eigenvalue weighted by atomic mass is 16.2. The van der Waals surface area contributed by atoms with E-state index in [1.807, 2.05) is 31.2 Å². The Morgan fingerprint density at radius 3 is 2.36 bits per heavy atom. The molecule has 0 unspecified atom stereocenters. The third-order valence-corrected chi connectivity index (χ3v) is 1.94. The Kier molecular flexibility index (Phi) is 3.48. The van der Waals surface area contributed by atoms with Crippen LogP contribution < -0.4 is 10.7 Å². The van der Waals surface area contributed by atoms with Crippen molar-refractivity contribution < 1.29 is 4.79 Å². The maximum atomic E-state index is 11.4. The Hall–Kier alpha value is -1.55. The van der Waals surface area contributed by atoms with Crippen LogP contribution in [0.3, 0.4) is 0 Å². The van der Waals surface area contributed by atoms with Crippen molar-refractivity contribution in [2.75, 3.05) is 19.4 Å². The molecule has 0 atom stereocenters. The van der Waals surface area contributed by atoms with Gasteiger partial charge in [-0.3, -0.25) is 5.01 Å². The number of urea groups is 1. The number of hydrogen-bond donors (Lipinski definition) is 2. The SMILES string of the molecule is CNN(C)C(=O)Nc1ccc(C)cc1. The minimum absolute atomic E-state index is 0.184. The number of carbonyl (C=O) groups excluding carboxylic acids is 1. The van der Waals surface area contributed by atoms with Gasteiger partial charge >= 0.3 is 6.03 Å². The molecule has 0 aliphatic carbocycles. The van der Waals surface area contributed by atoms with E-state index in [1.165, 1.54) is 10.6 Å². The molecule has 0 saturated heterocycles. The number of hydrogen-bond acceptors (Lipinski definition) is 2. The summed E-state index contributed by atoms with van der Waals surface area (Å²) in [5.74, 6) is 0. The van der Waals surface area contributed by atoms with E-state index in [0.717, 1.165) is 5.69 Å². The van der Waals surface area contributed by atoms with Gasteiger partial charge in [0.2, 0.25) is 0 Å². The number of anilines is 1. The highest BCUT2D eigenvalue weighted by Gasteiger charge is 2.05. The summed E-state index contributed by atoms with van der Waals surface area (Å²) in [6.07, 6.45) is 0. The van der Waals surface area contributed by atoms with Crippen LogP contribution in [0.1, 0.15) is 5.56 Å². The molecular weight excluding hydrogens is 178 g/mol. The first-order valence-electron chi connectivity index (χ1n) is 4.42. The number of hydrazine groups is 1. The smallest absolute Gasteiger partial charge is 0.307 e. The van der Waals surface area contributed by atoms with Crippen LogP contribution in [0.5, 0.6) is 0 Å². The average Bonchev–Trinajstić information content (AvgIpc) is 2.20. The summed E-state index contributed by atoms with van der Waals surface area (Å²) < 4.78 is 0. The molecule has 2 N–H and O–H groups in total. The van der Waals surface area contributed by atoms with Crippen molar-refractivity contribution in [3.63, 3.8) is 0 Å². The van der Waals surface area contributed by atoms with Gasteiger partial charge in [-0.25, -0.2) is 10.2 Å². The molecule has 0 spiro atoms. The second-order valence-corrected chi connectivity index (χ2v) is 3.08. The Morgan fingerprint density at radius 1 is 1.29 bits per heavy atom. The summed E-state index contributed by atoms with van der Waals surface area (Å²) in [4.78, 5) is 11.4. The van der Waals surface area contributed by atoms with Crippen molar-refractivity contribution >= 4 is 11.7 Å². The fourth-order valence-electron chi connectivity index (χ4n) is 0.946. The van der Waals surface area contributed by atoms with Crippen molar-refractivity contribution in [3.05, 3.63) is 29.8 Å². The number of nitrogens with one attached hydrogen (secondary N) is 2. The Balaban J connectivity index is 2.60. The Bertz CT molecular complexity index is 308. The van der Waals surface area contributed by atoms with E-state index in [0.29, 0.717) is 0 Å². The molecule has 0 aliphatic heterocycles. The highest BCUT2D eigenvalue weighted by molar-refractivity contribution is 5.88. The number of benzene rings is 1. The van der Waals surface area contributed by atoms with E-state index in [9.17, 15) is 4.79 Å². The van der Waals surface area contributed by atoms with Crippen LogP contribution in [0.4, 0.5) is 10.5 Å². The number of aryl methyl sites for hydroxylation is 1. The van der Waals surface area contributed by atoms with E-state index in [4.69, 9.17) is 0 Å². The molecule has 0 fully saturated rings. The molecule has 4 nitrogen and oxygen atoms in total. The quantitative estimate of drug-likeness (QED) is 0.700. The van der Waals surface area contributed by atoms with Gasteiger partial charge in [0.25, 0.3) is 0 Å². The predicted molar refractivity (Wildman–Crippen MR) is 57.0 cm³/mol. The van der Waals surface area contributed by atoms with Crippen LogP contribution in [-0.2, 0) is 0 Å². The number of rotatable bonds is 2. The van der Waals surface area contributed by atoms with Crippen molar-refractivity contribution in [1.29, 1.82) is 0 Å². The molecule has 1 rings (SSSR count). The molecule has 0 aliphatic rings. The maximum Gasteiger partial charge on any atom is 0.335 e. The lowest BCUT2D eigenvalue weighted by molar-refractivity contribution is 0.207. The minimum Gasteiger partial charge on any atom is -0.307 e. The third kappa shape index (κ3) is 2.74. The number of nitrogens with zero attached hydrogens (tertiary/aromatic N) is 1. The molecule has 1 aromatic rings. The van der Waals surface area contributed by atoms with Gasteiger partial charge in [-0.15, -0.1) is 0 Å². The molecule has 14 heavy (non-hydrogen) atoms. The Morgan fingerprint density at radius 2 is 1.86 bits per heavy atom. The molecule has 0 radical (unpaired) electrons. The first kappa shape index (κ1) is 10.5. The molecule has 4 heteroatoms. The van der Waals surface area contributed by atoms with Gasteiger partial charge in [0.15, 0.2) is 0 Å². The van der Waals surface area contributed by atoms with Gasteiger partial charge in [0, 0.05) is 19.8 Å².